The van der Waals surface area contributed by atoms with E-state index in [4.69, 9.17) is 0 Å². The van der Waals surface area contributed by atoms with E-state index in [1.807, 2.05) is 13.8 Å². The first-order valence-corrected chi connectivity index (χ1v) is 10.9. The molecule has 0 spiro atoms. The second-order valence-corrected chi connectivity index (χ2v) is 9.92. The smallest absolute Gasteiger partial charge is 0.258 e. The van der Waals surface area contributed by atoms with Gasteiger partial charge in [0.25, 0.3) is 10.0 Å². The number of rotatable bonds is 4. The summed E-state index contributed by atoms with van der Waals surface area (Å²) in [6, 6.07) is 12.8. The van der Waals surface area contributed by atoms with E-state index in [-0.39, 0.29) is 10.6 Å². The fraction of sp³-hybridized carbons (Fsp3) is 0.222. The standard InChI is InChI=1S/C18H19NO4S2/c1-14-3-7-16(8-4-14)19(17-11-12-24(20,21)13-17)25(22,23)18-9-5-15(2)6-10-18/h3-12,17H,13H2,1-2H3/t17-/m0/s1. The van der Waals surface area contributed by atoms with Crippen LogP contribution in [0.3, 0.4) is 0 Å². The number of sulfonamides is 1. The first-order chi connectivity index (χ1) is 11.7. The molecule has 0 aliphatic carbocycles. The van der Waals surface area contributed by atoms with E-state index in [2.05, 4.69) is 0 Å². The second-order valence-electron chi connectivity index (χ2n) is 6.17. The molecule has 2 aromatic rings. The second kappa shape index (κ2) is 6.31. The number of sulfone groups is 1. The average Bonchev–Trinajstić information content (AvgIpc) is 2.89. The summed E-state index contributed by atoms with van der Waals surface area (Å²) in [5.74, 6) is -0.258. The highest BCUT2D eigenvalue weighted by Gasteiger charge is 2.35. The van der Waals surface area contributed by atoms with Gasteiger partial charge in [0.15, 0.2) is 9.84 Å². The van der Waals surface area contributed by atoms with Gasteiger partial charge >= 0.3 is 0 Å². The van der Waals surface area contributed by atoms with Gasteiger partial charge in [-0.1, -0.05) is 35.4 Å². The molecule has 0 fully saturated rings. The summed E-state index contributed by atoms with van der Waals surface area (Å²) in [4.78, 5) is 0.136. The molecule has 5 nitrogen and oxygen atoms in total. The van der Waals surface area contributed by atoms with Crippen molar-refractivity contribution >= 4 is 25.5 Å². The molecule has 0 N–H and O–H groups in total. The van der Waals surface area contributed by atoms with Gasteiger partial charge in [0, 0.05) is 5.41 Å². The van der Waals surface area contributed by atoms with E-state index in [0.29, 0.717) is 5.69 Å². The minimum absolute atomic E-state index is 0.136. The topological polar surface area (TPSA) is 71.5 Å². The zero-order valence-corrected chi connectivity index (χ0v) is 15.6. The van der Waals surface area contributed by atoms with Crippen LogP contribution in [0.15, 0.2) is 64.9 Å². The lowest BCUT2D eigenvalue weighted by molar-refractivity contribution is 0.586. The van der Waals surface area contributed by atoms with Crippen LogP contribution in [-0.4, -0.2) is 28.6 Å². The maximum absolute atomic E-state index is 13.2. The number of anilines is 1. The summed E-state index contributed by atoms with van der Waals surface area (Å²) in [6.07, 6.45) is 1.43. The maximum atomic E-state index is 13.2. The number of benzene rings is 2. The Labute approximate surface area is 148 Å². The van der Waals surface area contributed by atoms with Crippen LogP contribution in [0, 0.1) is 13.8 Å². The number of hydrogen-bond donors (Lipinski definition) is 0. The molecule has 1 aliphatic heterocycles. The molecule has 132 valence electrons. The third-order valence-corrected chi connectivity index (χ3v) is 7.32. The van der Waals surface area contributed by atoms with E-state index in [0.717, 1.165) is 16.5 Å². The zero-order valence-electron chi connectivity index (χ0n) is 14.0. The Hall–Kier alpha value is -2.12. The van der Waals surface area contributed by atoms with Crippen molar-refractivity contribution in [2.75, 3.05) is 10.1 Å². The SMILES string of the molecule is Cc1ccc(N([C@H]2C=CS(=O)(=O)C2)S(=O)(=O)c2ccc(C)cc2)cc1. The largest absolute Gasteiger partial charge is 0.264 e. The summed E-state index contributed by atoms with van der Waals surface area (Å²) in [5, 5.41) is 1.09. The van der Waals surface area contributed by atoms with Crippen LogP contribution in [0.5, 0.6) is 0 Å². The Morgan fingerprint density at radius 1 is 0.920 bits per heavy atom. The highest BCUT2D eigenvalue weighted by Crippen LogP contribution is 2.30. The molecule has 3 rings (SSSR count). The molecule has 25 heavy (non-hydrogen) atoms. The molecule has 0 bridgehead atoms. The van der Waals surface area contributed by atoms with Crippen LogP contribution in [0.4, 0.5) is 5.69 Å². The Morgan fingerprint density at radius 2 is 1.44 bits per heavy atom. The van der Waals surface area contributed by atoms with E-state index in [1.165, 1.54) is 10.4 Å². The quantitative estimate of drug-likeness (QED) is 0.821. The highest BCUT2D eigenvalue weighted by atomic mass is 32.2. The molecule has 1 atom stereocenters. The Balaban J connectivity index is 2.12. The fourth-order valence-corrected chi connectivity index (χ4v) is 5.70. The Bertz CT molecular complexity index is 1010. The lowest BCUT2D eigenvalue weighted by Crippen LogP contribution is -2.41. The van der Waals surface area contributed by atoms with Crippen molar-refractivity contribution in [1.82, 2.24) is 0 Å². The molecular weight excluding hydrogens is 358 g/mol. The number of hydrogen-bond acceptors (Lipinski definition) is 4. The van der Waals surface area contributed by atoms with Crippen LogP contribution in [0.25, 0.3) is 0 Å². The Kier molecular flexibility index (Phi) is 4.47. The van der Waals surface area contributed by atoms with Crippen LogP contribution >= 0.6 is 0 Å². The van der Waals surface area contributed by atoms with Gasteiger partial charge in [-0.05, 0) is 44.2 Å². The van der Waals surface area contributed by atoms with Crippen molar-refractivity contribution in [2.24, 2.45) is 0 Å². The molecule has 0 unspecified atom stereocenters. The van der Waals surface area contributed by atoms with Crippen molar-refractivity contribution < 1.29 is 16.8 Å². The van der Waals surface area contributed by atoms with Crippen LogP contribution in [0.2, 0.25) is 0 Å². The van der Waals surface area contributed by atoms with Crippen molar-refractivity contribution in [3.8, 4) is 0 Å². The van der Waals surface area contributed by atoms with E-state index >= 15 is 0 Å². The first-order valence-electron chi connectivity index (χ1n) is 7.78. The van der Waals surface area contributed by atoms with Gasteiger partial charge in [-0.2, -0.15) is 0 Å². The van der Waals surface area contributed by atoms with Crippen LogP contribution < -0.4 is 4.31 Å². The van der Waals surface area contributed by atoms with Gasteiger partial charge in [0.05, 0.1) is 22.4 Å². The molecule has 0 amide bonds. The van der Waals surface area contributed by atoms with Gasteiger partial charge in [0.2, 0.25) is 0 Å². The Morgan fingerprint density at radius 3 is 1.92 bits per heavy atom. The fourth-order valence-electron chi connectivity index (χ4n) is 2.73. The molecule has 1 heterocycles. The predicted octanol–water partition coefficient (Wildman–Crippen LogP) is 2.81. The molecular formula is C18H19NO4S2. The summed E-state index contributed by atoms with van der Waals surface area (Å²) in [7, 11) is -7.29. The molecule has 0 saturated carbocycles. The normalized spacial score (nSPS) is 19.0. The first kappa shape index (κ1) is 17.7. The molecule has 7 heteroatoms. The van der Waals surface area contributed by atoms with E-state index in [1.54, 1.807) is 48.5 Å². The highest BCUT2D eigenvalue weighted by molar-refractivity contribution is 7.95. The van der Waals surface area contributed by atoms with Crippen LogP contribution in [0.1, 0.15) is 11.1 Å². The predicted molar refractivity (Wildman–Crippen MR) is 98.7 cm³/mol. The number of nitrogens with zero attached hydrogens (tertiary/aromatic N) is 1. The maximum Gasteiger partial charge on any atom is 0.264 e. The van der Waals surface area contributed by atoms with Crippen LogP contribution in [-0.2, 0) is 19.9 Å². The molecule has 1 aliphatic rings. The van der Waals surface area contributed by atoms with Gasteiger partial charge in [-0.25, -0.2) is 16.8 Å². The van der Waals surface area contributed by atoms with E-state index < -0.39 is 25.9 Å². The minimum Gasteiger partial charge on any atom is -0.258 e. The third-order valence-electron chi connectivity index (χ3n) is 4.08. The van der Waals surface area contributed by atoms with Crippen molar-refractivity contribution in [1.29, 1.82) is 0 Å². The summed E-state index contributed by atoms with van der Waals surface area (Å²) < 4.78 is 51.3. The van der Waals surface area contributed by atoms with Crippen molar-refractivity contribution in [3.05, 3.63) is 71.1 Å². The van der Waals surface area contributed by atoms with Crippen molar-refractivity contribution in [2.45, 2.75) is 24.8 Å². The summed E-state index contributed by atoms with van der Waals surface area (Å²) in [5.41, 5.74) is 2.38. The molecule has 0 aromatic heterocycles. The summed E-state index contributed by atoms with van der Waals surface area (Å²) in [6.45, 7) is 3.78. The molecule has 0 saturated heterocycles. The molecule has 0 radical (unpaired) electrons. The van der Waals surface area contributed by atoms with Crippen molar-refractivity contribution in [3.63, 3.8) is 0 Å². The monoisotopic (exact) mass is 377 g/mol. The van der Waals surface area contributed by atoms with Gasteiger partial charge in [-0.3, -0.25) is 4.31 Å². The van der Waals surface area contributed by atoms with Gasteiger partial charge < -0.3 is 0 Å². The average molecular weight is 377 g/mol. The van der Waals surface area contributed by atoms with Gasteiger partial charge in [-0.15, -0.1) is 0 Å². The lowest BCUT2D eigenvalue weighted by Gasteiger charge is -2.29. The lowest BCUT2D eigenvalue weighted by atomic mass is 10.2. The third kappa shape index (κ3) is 3.62. The minimum atomic E-state index is -3.90. The summed E-state index contributed by atoms with van der Waals surface area (Å²) >= 11 is 0. The number of aryl methyl sites for hydroxylation is 2. The van der Waals surface area contributed by atoms with E-state index in [9.17, 15) is 16.8 Å². The molecule has 2 aromatic carbocycles. The zero-order chi connectivity index (χ0) is 18.2. The van der Waals surface area contributed by atoms with Gasteiger partial charge in [0.1, 0.15) is 0 Å².